The zero-order valence-corrected chi connectivity index (χ0v) is 25.2. The average molecular weight is 578 g/mol. The van der Waals surface area contributed by atoms with Crippen molar-refractivity contribution in [3.05, 3.63) is 57.9 Å². The number of nitrogens with one attached hydrogen (secondary N) is 3. The third-order valence-corrected chi connectivity index (χ3v) is 7.23. The van der Waals surface area contributed by atoms with E-state index in [0.29, 0.717) is 53.5 Å². The summed E-state index contributed by atoms with van der Waals surface area (Å²) in [7, 11) is 6.43. The van der Waals surface area contributed by atoms with E-state index in [-0.39, 0.29) is 28.8 Å². The van der Waals surface area contributed by atoms with E-state index in [0.717, 1.165) is 11.1 Å². The summed E-state index contributed by atoms with van der Waals surface area (Å²) >= 11 is 0. The number of hydrogen-bond donors (Lipinski definition) is 3. The Morgan fingerprint density at radius 2 is 1.81 bits per heavy atom. The predicted molar refractivity (Wildman–Crippen MR) is 161 cm³/mol. The summed E-state index contributed by atoms with van der Waals surface area (Å²) in [6.45, 7) is 5.48. The minimum absolute atomic E-state index is 0.170. The SMILES string of the molecule is COc1cc2c(c(OC)c1OC)-c1ccc(N[C@H](CC(C)C)C(=O)Nc3ccn(C)n3)c(=O)cc1[C@@H](NC(C)=O)CC2. The Hall–Kier alpha value is -4.54. The second kappa shape index (κ2) is 13.0. The summed E-state index contributed by atoms with van der Waals surface area (Å²) < 4.78 is 18.7. The van der Waals surface area contributed by atoms with Crippen molar-refractivity contribution in [3.63, 3.8) is 0 Å². The molecule has 11 heteroatoms. The second-order valence-electron chi connectivity index (χ2n) is 10.8. The van der Waals surface area contributed by atoms with Gasteiger partial charge in [0.05, 0.1) is 33.1 Å². The van der Waals surface area contributed by atoms with Gasteiger partial charge in [0.15, 0.2) is 17.3 Å². The normalized spacial score (nSPS) is 14.6. The summed E-state index contributed by atoms with van der Waals surface area (Å²) in [4.78, 5) is 39.2. The molecule has 224 valence electrons. The molecule has 11 nitrogen and oxygen atoms in total. The molecule has 0 fully saturated rings. The Bertz CT molecular complexity index is 1530. The molecule has 3 N–H and O–H groups in total. The van der Waals surface area contributed by atoms with Crippen LogP contribution in [0.15, 0.2) is 41.3 Å². The van der Waals surface area contributed by atoms with Gasteiger partial charge in [-0.15, -0.1) is 0 Å². The highest BCUT2D eigenvalue weighted by Gasteiger charge is 2.30. The molecule has 0 unspecified atom stereocenters. The van der Waals surface area contributed by atoms with Crippen molar-refractivity contribution in [3.8, 4) is 28.4 Å². The van der Waals surface area contributed by atoms with Crippen LogP contribution >= 0.6 is 0 Å². The Labute approximate surface area is 245 Å². The van der Waals surface area contributed by atoms with Gasteiger partial charge in [-0.05, 0) is 60.1 Å². The molecular formula is C31H39N5O6. The Morgan fingerprint density at radius 3 is 2.40 bits per heavy atom. The molecule has 0 radical (unpaired) electrons. The smallest absolute Gasteiger partial charge is 0.248 e. The van der Waals surface area contributed by atoms with Gasteiger partial charge in [0.1, 0.15) is 6.04 Å². The van der Waals surface area contributed by atoms with Crippen molar-refractivity contribution in [2.24, 2.45) is 13.0 Å². The number of aromatic nitrogens is 2. The van der Waals surface area contributed by atoms with E-state index in [1.807, 2.05) is 26.0 Å². The van der Waals surface area contributed by atoms with Crippen molar-refractivity contribution in [1.82, 2.24) is 15.1 Å². The Balaban J connectivity index is 1.86. The molecule has 0 spiro atoms. The largest absolute Gasteiger partial charge is 0.493 e. The number of fused-ring (bicyclic) bond motifs is 3. The van der Waals surface area contributed by atoms with E-state index < -0.39 is 12.1 Å². The molecule has 1 aliphatic rings. The summed E-state index contributed by atoms with van der Waals surface area (Å²) in [6.07, 6.45) is 3.37. The number of nitrogens with zero attached hydrogens (tertiary/aromatic N) is 2. The van der Waals surface area contributed by atoms with Crippen LogP contribution in [0.4, 0.5) is 11.5 Å². The van der Waals surface area contributed by atoms with Gasteiger partial charge < -0.3 is 30.2 Å². The lowest BCUT2D eigenvalue weighted by molar-refractivity contribution is -0.120. The van der Waals surface area contributed by atoms with Gasteiger partial charge in [0.25, 0.3) is 0 Å². The number of amides is 2. The lowest BCUT2D eigenvalue weighted by Crippen LogP contribution is -2.37. The first-order chi connectivity index (χ1) is 20.1. The van der Waals surface area contributed by atoms with Gasteiger partial charge in [-0.2, -0.15) is 5.10 Å². The van der Waals surface area contributed by atoms with Crippen LogP contribution in [-0.2, 0) is 23.1 Å². The fourth-order valence-electron chi connectivity index (χ4n) is 5.41. The fraction of sp³-hybridized carbons (Fsp3) is 0.419. The van der Waals surface area contributed by atoms with E-state index in [2.05, 4.69) is 21.0 Å². The quantitative estimate of drug-likeness (QED) is 0.329. The van der Waals surface area contributed by atoms with E-state index in [1.54, 1.807) is 44.3 Å². The molecule has 0 saturated heterocycles. The van der Waals surface area contributed by atoms with Gasteiger partial charge in [-0.3, -0.25) is 19.1 Å². The van der Waals surface area contributed by atoms with Crippen LogP contribution in [0.3, 0.4) is 0 Å². The van der Waals surface area contributed by atoms with Crippen LogP contribution in [0.5, 0.6) is 17.2 Å². The lowest BCUT2D eigenvalue weighted by Gasteiger charge is -2.20. The van der Waals surface area contributed by atoms with Crippen LogP contribution in [0.2, 0.25) is 0 Å². The maximum atomic E-state index is 13.7. The molecular weight excluding hydrogens is 538 g/mol. The van der Waals surface area contributed by atoms with E-state index >= 15 is 0 Å². The predicted octanol–water partition coefficient (Wildman–Crippen LogP) is 4.06. The summed E-state index contributed by atoms with van der Waals surface area (Å²) in [5.41, 5.74) is 2.99. The number of rotatable bonds is 10. The fourth-order valence-corrected chi connectivity index (χ4v) is 5.41. The lowest BCUT2D eigenvalue weighted by atomic mass is 9.95. The van der Waals surface area contributed by atoms with E-state index in [4.69, 9.17) is 14.2 Å². The molecule has 42 heavy (non-hydrogen) atoms. The molecule has 4 rings (SSSR count). The molecule has 1 aliphatic carbocycles. The zero-order chi connectivity index (χ0) is 30.6. The highest BCUT2D eigenvalue weighted by atomic mass is 16.5. The molecule has 1 aromatic heterocycles. The van der Waals surface area contributed by atoms with Crippen molar-refractivity contribution < 1.29 is 23.8 Å². The topological polar surface area (TPSA) is 133 Å². The van der Waals surface area contributed by atoms with Crippen molar-refractivity contribution in [2.45, 2.75) is 52.1 Å². The second-order valence-corrected chi connectivity index (χ2v) is 10.8. The standard InChI is InChI=1S/C31H39N5O6/c1-17(2)14-24(31(39)34-27-12-13-36(4)35-27)33-23-11-9-20-21(16-25(23)38)22(32-18(3)37)10-8-19-15-26(40-5)29(41-6)30(42-7)28(19)20/h9,11-13,15-17,22,24H,8,10,14H2,1-7H3,(H,32,37)(H,33,38)(H,34,35,39)/t22-,24+/m0/s1. The maximum Gasteiger partial charge on any atom is 0.248 e. The van der Waals surface area contributed by atoms with Crippen LogP contribution < -0.4 is 35.6 Å². The number of benzene rings is 1. The third-order valence-electron chi connectivity index (χ3n) is 7.23. The summed E-state index contributed by atoms with van der Waals surface area (Å²) in [6, 6.07) is 7.53. The number of ether oxygens (including phenoxy) is 3. The molecule has 3 aromatic rings. The number of carbonyl (C=O) groups excluding carboxylic acids is 2. The first-order valence-corrected chi connectivity index (χ1v) is 13.9. The average Bonchev–Trinajstić information content (AvgIpc) is 3.21. The summed E-state index contributed by atoms with van der Waals surface area (Å²) in [5.74, 6) is 1.51. The molecule has 0 saturated carbocycles. The minimum Gasteiger partial charge on any atom is -0.493 e. The molecule has 2 aromatic carbocycles. The highest BCUT2D eigenvalue weighted by Crippen LogP contribution is 2.50. The minimum atomic E-state index is -0.695. The Kier molecular flexibility index (Phi) is 9.39. The van der Waals surface area contributed by atoms with Crippen molar-refractivity contribution >= 4 is 23.3 Å². The van der Waals surface area contributed by atoms with Crippen LogP contribution in [0.25, 0.3) is 11.1 Å². The summed E-state index contributed by atoms with van der Waals surface area (Å²) in [5, 5.41) is 13.3. The van der Waals surface area contributed by atoms with Gasteiger partial charge in [0.2, 0.25) is 23.0 Å². The molecule has 0 bridgehead atoms. The molecule has 2 amide bonds. The Morgan fingerprint density at radius 1 is 1.07 bits per heavy atom. The maximum absolute atomic E-state index is 13.7. The zero-order valence-electron chi connectivity index (χ0n) is 25.2. The van der Waals surface area contributed by atoms with Gasteiger partial charge in [-0.25, -0.2) is 0 Å². The molecule has 1 heterocycles. The number of aryl methyl sites for hydroxylation is 2. The van der Waals surface area contributed by atoms with Gasteiger partial charge >= 0.3 is 0 Å². The number of hydrogen-bond acceptors (Lipinski definition) is 8. The monoisotopic (exact) mass is 577 g/mol. The third kappa shape index (κ3) is 6.50. The molecule has 2 atom stereocenters. The van der Waals surface area contributed by atoms with Crippen molar-refractivity contribution in [2.75, 3.05) is 32.0 Å². The van der Waals surface area contributed by atoms with Crippen molar-refractivity contribution in [1.29, 1.82) is 0 Å². The van der Waals surface area contributed by atoms with Gasteiger partial charge in [-0.1, -0.05) is 19.9 Å². The van der Waals surface area contributed by atoms with Crippen LogP contribution in [-0.4, -0.2) is 49.0 Å². The number of methoxy groups -OCH3 is 3. The highest BCUT2D eigenvalue weighted by molar-refractivity contribution is 5.96. The first-order valence-electron chi connectivity index (χ1n) is 13.9. The molecule has 0 aliphatic heterocycles. The number of anilines is 2. The number of carbonyl (C=O) groups is 2. The van der Waals surface area contributed by atoms with Crippen LogP contribution in [0.1, 0.15) is 50.8 Å². The first kappa shape index (κ1) is 30.4. The van der Waals surface area contributed by atoms with Crippen LogP contribution in [0, 0.1) is 5.92 Å². The van der Waals surface area contributed by atoms with E-state index in [9.17, 15) is 14.4 Å². The van der Waals surface area contributed by atoms with Gasteiger partial charge in [0, 0.05) is 31.8 Å². The van der Waals surface area contributed by atoms with E-state index in [1.165, 1.54) is 20.1 Å².